The van der Waals surface area contributed by atoms with E-state index in [1.54, 1.807) is 0 Å². The number of carbonyl (C=O) groups is 3. The van der Waals surface area contributed by atoms with E-state index in [9.17, 15) is 14.4 Å². The van der Waals surface area contributed by atoms with Gasteiger partial charge in [-0.3, -0.25) is 9.59 Å². The van der Waals surface area contributed by atoms with Gasteiger partial charge in [0.15, 0.2) is 18.2 Å². The number of halogens is 2. The van der Waals surface area contributed by atoms with E-state index in [4.69, 9.17) is 9.84 Å². The van der Waals surface area contributed by atoms with Crippen LogP contribution in [0.3, 0.4) is 0 Å². The lowest BCUT2D eigenvalue weighted by Crippen LogP contribution is -2.44. The number of allylic oxidation sites excluding steroid dienone is 4. The zero-order valence-electron chi connectivity index (χ0n) is 20.8. The average Bonchev–Trinajstić information content (AvgIpc) is 2.69. The molecule has 0 bridgehead atoms. The van der Waals surface area contributed by atoms with Gasteiger partial charge in [-0.25, -0.2) is 4.79 Å². The van der Waals surface area contributed by atoms with Crippen LogP contribution in [0.15, 0.2) is 43.6 Å². The maximum Gasteiger partial charge on any atom is 0.341 e. The van der Waals surface area contributed by atoms with E-state index in [0.717, 1.165) is 40.9 Å². The van der Waals surface area contributed by atoms with Gasteiger partial charge < -0.3 is 14.7 Å². The lowest BCUT2D eigenvalue weighted by Gasteiger charge is -2.49. The van der Waals surface area contributed by atoms with Crippen molar-refractivity contribution in [3.8, 4) is 5.75 Å². The molecule has 0 unspecified atom stereocenters. The first-order chi connectivity index (χ1) is 16.2. The molecular formula is C27H31Br2NO5. The Labute approximate surface area is 223 Å². The Morgan fingerprint density at radius 1 is 0.971 bits per heavy atom. The van der Waals surface area contributed by atoms with Crippen molar-refractivity contribution in [1.82, 2.24) is 4.90 Å². The number of carbonyl (C=O) groups excluding carboxylic acids is 2. The smallest absolute Gasteiger partial charge is 0.341 e. The summed E-state index contributed by atoms with van der Waals surface area (Å²) in [5, 5.41) is 9.02. The molecule has 1 aromatic carbocycles. The number of carboxylic acids is 1. The second kappa shape index (κ2) is 9.18. The lowest BCUT2D eigenvalue weighted by atomic mass is 9.63. The number of ether oxygens (including phenoxy) is 1. The topological polar surface area (TPSA) is 83.9 Å². The van der Waals surface area contributed by atoms with Crippen molar-refractivity contribution in [2.75, 3.05) is 13.2 Å². The van der Waals surface area contributed by atoms with Crippen LogP contribution in [0.2, 0.25) is 0 Å². The first kappa shape index (κ1) is 26.1. The molecule has 1 aromatic rings. The van der Waals surface area contributed by atoms with Gasteiger partial charge in [0, 0.05) is 47.8 Å². The summed E-state index contributed by atoms with van der Waals surface area (Å²) in [6, 6.07) is 3.70. The number of carboxylic acid groups (broad SMARTS) is 1. The van der Waals surface area contributed by atoms with E-state index < -0.39 is 18.5 Å². The second-order valence-corrected chi connectivity index (χ2v) is 13.0. The minimum absolute atomic E-state index is 0.0855. The summed E-state index contributed by atoms with van der Waals surface area (Å²) >= 11 is 7.04. The summed E-state index contributed by atoms with van der Waals surface area (Å²) < 4.78 is 6.59. The standard InChI is InChI=1S/C27H31Br2NO5/c1-6-30-17-9-26(2,3)11-19(31)23(17)22(24-18(30)10-27(4,5)12-20(24)32)14-7-15(28)25(16(29)8-14)35-13-21(33)34/h7-8,22H,6,9-13H2,1-5H3,(H,33,34). The highest BCUT2D eigenvalue weighted by Crippen LogP contribution is 2.55. The second-order valence-electron chi connectivity index (χ2n) is 11.3. The van der Waals surface area contributed by atoms with E-state index in [-0.39, 0.29) is 22.4 Å². The molecule has 0 atom stereocenters. The molecule has 3 aliphatic rings. The predicted molar refractivity (Wildman–Crippen MR) is 140 cm³/mol. The molecule has 1 aliphatic heterocycles. The SMILES string of the molecule is CCN1C2=C(C(=O)CC(C)(C)C2)C(c2cc(Br)c(OCC(=O)O)c(Br)c2)C2=C1CC(C)(C)CC2=O. The monoisotopic (exact) mass is 607 g/mol. The highest BCUT2D eigenvalue weighted by molar-refractivity contribution is 9.11. The van der Waals surface area contributed by atoms with E-state index in [0.29, 0.717) is 34.1 Å². The number of benzene rings is 1. The largest absolute Gasteiger partial charge is 0.480 e. The summed E-state index contributed by atoms with van der Waals surface area (Å²) in [4.78, 5) is 40.6. The molecule has 0 amide bonds. The van der Waals surface area contributed by atoms with Gasteiger partial charge in [-0.2, -0.15) is 0 Å². The van der Waals surface area contributed by atoms with Gasteiger partial charge in [-0.15, -0.1) is 0 Å². The van der Waals surface area contributed by atoms with Crippen LogP contribution in [0.25, 0.3) is 0 Å². The predicted octanol–water partition coefficient (Wildman–Crippen LogP) is 6.38. The third kappa shape index (κ3) is 4.88. The van der Waals surface area contributed by atoms with Crippen LogP contribution in [0.4, 0.5) is 0 Å². The minimum atomic E-state index is -1.07. The van der Waals surface area contributed by atoms with Crippen LogP contribution in [-0.2, 0) is 14.4 Å². The molecule has 2 aliphatic carbocycles. The van der Waals surface area contributed by atoms with Gasteiger partial charge in [-0.1, -0.05) is 27.7 Å². The van der Waals surface area contributed by atoms with Crippen molar-refractivity contribution < 1.29 is 24.2 Å². The molecule has 0 aromatic heterocycles. The minimum Gasteiger partial charge on any atom is -0.480 e. The van der Waals surface area contributed by atoms with Crippen LogP contribution in [0, 0.1) is 10.8 Å². The van der Waals surface area contributed by atoms with Gasteiger partial charge in [0.05, 0.1) is 8.95 Å². The maximum atomic E-state index is 13.7. The first-order valence-electron chi connectivity index (χ1n) is 11.9. The van der Waals surface area contributed by atoms with Gasteiger partial charge >= 0.3 is 5.97 Å². The van der Waals surface area contributed by atoms with Crippen LogP contribution in [-0.4, -0.2) is 40.7 Å². The maximum absolute atomic E-state index is 13.7. The number of rotatable bonds is 5. The molecular weight excluding hydrogens is 578 g/mol. The van der Waals surface area contributed by atoms with Crippen LogP contribution in [0.5, 0.6) is 5.75 Å². The number of ketones is 2. The Morgan fingerprint density at radius 2 is 1.43 bits per heavy atom. The Bertz CT molecular complexity index is 1120. The number of aliphatic carboxylic acids is 1. The fourth-order valence-corrected chi connectivity index (χ4v) is 7.23. The number of nitrogens with zero attached hydrogens (tertiary/aromatic N) is 1. The van der Waals surface area contributed by atoms with Crippen LogP contribution in [0.1, 0.15) is 71.8 Å². The molecule has 35 heavy (non-hydrogen) atoms. The molecule has 0 saturated heterocycles. The van der Waals surface area contributed by atoms with Gasteiger partial charge in [0.1, 0.15) is 5.75 Å². The fourth-order valence-electron chi connectivity index (χ4n) is 5.78. The lowest BCUT2D eigenvalue weighted by molar-refractivity contribution is -0.139. The van der Waals surface area contributed by atoms with Crippen molar-refractivity contribution in [1.29, 1.82) is 0 Å². The van der Waals surface area contributed by atoms with Crippen LogP contribution < -0.4 is 4.74 Å². The quantitative estimate of drug-likeness (QED) is 0.417. The summed E-state index contributed by atoms with van der Waals surface area (Å²) in [7, 11) is 0. The van der Waals surface area contributed by atoms with Crippen molar-refractivity contribution in [2.24, 2.45) is 10.8 Å². The zero-order valence-corrected chi connectivity index (χ0v) is 23.9. The van der Waals surface area contributed by atoms with Crippen LogP contribution >= 0.6 is 31.9 Å². The summed E-state index contributed by atoms with van der Waals surface area (Å²) in [5.74, 6) is -0.992. The Morgan fingerprint density at radius 3 is 1.83 bits per heavy atom. The summed E-state index contributed by atoms with van der Waals surface area (Å²) in [6.07, 6.45) is 2.41. The summed E-state index contributed by atoms with van der Waals surface area (Å²) in [5.41, 5.74) is 3.99. The van der Waals surface area contributed by atoms with Gasteiger partial charge in [0.25, 0.3) is 0 Å². The fraction of sp³-hybridized carbons (Fsp3) is 0.519. The normalized spacial score (nSPS) is 21.7. The number of hydrogen-bond donors (Lipinski definition) is 1. The van der Waals surface area contributed by atoms with Gasteiger partial charge in [-0.05, 0) is 80.2 Å². The molecule has 6 nitrogen and oxygen atoms in total. The first-order valence-corrected chi connectivity index (χ1v) is 13.5. The summed E-state index contributed by atoms with van der Waals surface area (Å²) in [6.45, 7) is 10.8. The van der Waals surface area contributed by atoms with Crippen molar-refractivity contribution in [3.05, 3.63) is 49.2 Å². The molecule has 188 valence electrons. The molecule has 8 heteroatoms. The molecule has 0 fully saturated rings. The van der Waals surface area contributed by atoms with Crippen molar-refractivity contribution in [2.45, 2.75) is 66.2 Å². The Kier molecular flexibility index (Phi) is 6.86. The van der Waals surface area contributed by atoms with Crippen molar-refractivity contribution in [3.63, 3.8) is 0 Å². The molecule has 0 radical (unpaired) electrons. The highest BCUT2D eigenvalue weighted by atomic mass is 79.9. The van der Waals surface area contributed by atoms with E-state index in [2.05, 4.69) is 71.4 Å². The van der Waals surface area contributed by atoms with Gasteiger partial charge in [0.2, 0.25) is 0 Å². The average molecular weight is 609 g/mol. The Hall–Kier alpha value is -1.93. The molecule has 0 spiro atoms. The van der Waals surface area contributed by atoms with Crippen molar-refractivity contribution >= 4 is 49.4 Å². The molecule has 1 heterocycles. The molecule has 1 N–H and O–H groups in total. The Balaban J connectivity index is 1.94. The third-order valence-electron chi connectivity index (χ3n) is 7.03. The highest BCUT2D eigenvalue weighted by Gasteiger charge is 2.48. The molecule has 0 saturated carbocycles. The van der Waals surface area contributed by atoms with E-state index in [1.165, 1.54) is 0 Å². The molecule has 4 rings (SSSR count). The van der Waals surface area contributed by atoms with E-state index in [1.807, 2.05) is 12.1 Å². The number of Topliss-reactive ketones (excluding diaryl/α,β-unsaturated/α-hetero) is 2. The van der Waals surface area contributed by atoms with E-state index >= 15 is 0 Å². The zero-order chi connectivity index (χ0) is 25.9. The third-order valence-corrected chi connectivity index (χ3v) is 8.21. The number of hydrogen-bond acceptors (Lipinski definition) is 5.